The van der Waals surface area contributed by atoms with Gasteiger partial charge in [-0.15, -0.1) is 0 Å². The van der Waals surface area contributed by atoms with Crippen LogP contribution in [0.2, 0.25) is 5.02 Å². The minimum absolute atomic E-state index is 0.0706. The fraction of sp³-hybridized carbons (Fsp3) is 0.391. The van der Waals surface area contributed by atoms with Crippen molar-refractivity contribution in [3.05, 3.63) is 64.7 Å². The van der Waals surface area contributed by atoms with Crippen molar-refractivity contribution in [1.82, 2.24) is 10.2 Å². The monoisotopic (exact) mass is 415 g/mol. The SMILES string of the molecule is CCc1ccc([C@H](NC(=O)CN(C)CC(=O)Nc2ccccc2Cl)C(C)C)cc1. The number of hydrogen-bond acceptors (Lipinski definition) is 3. The maximum absolute atomic E-state index is 12.6. The normalized spacial score (nSPS) is 12.1. The Kier molecular flexibility index (Phi) is 8.68. The number of likely N-dealkylation sites (N-methyl/N-ethyl adjacent to an activating group) is 1. The summed E-state index contributed by atoms with van der Waals surface area (Å²) >= 11 is 6.06. The third-order valence-electron chi connectivity index (χ3n) is 4.71. The first-order chi connectivity index (χ1) is 13.8. The molecular weight excluding hydrogens is 386 g/mol. The Hall–Kier alpha value is -2.37. The van der Waals surface area contributed by atoms with Crippen LogP contribution in [0.1, 0.15) is 37.9 Å². The highest BCUT2D eigenvalue weighted by Gasteiger charge is 2.20. The molecule has 2 aromatic carbocycles. The largest absolute Gasteiger partial charge is 0.348 e. The number of halogens is 1. The number of aryl methyl sites for hydroxylation is 1. The van der Waals surface area contributed by atoms with Crippen LogP contribution in [0.3, 0.4) is 0 Å². The zero-order valence-electron chi connectivity index (χ0n) is 17.5. The molecule has 6 heteroatoms. The van der Waals surface area contributed by atoms with Crippen LogP contribution in [0.4, 0.5) is 5.69 Å². The highest BCUT2D eigenvalue weighted by atomic mass is 35.5. The van der Waals surface area contributed by atoms with E-state index in [-0.39, 0.29) is 36.9 Å². The molecule has 0 saturated carbocycles. The van der Waals surface area contributed by atoms with E-state index in [1.165, 1.54) is 5.56 Å². The minimum atomic E-state index is -0.219. The molecule has 0 aliphatic rings. The van der Waals surface area contributed by atoms with Crippen LogP contribution in [-0.2, 0) is 16.0 Å². The zero-order chi connectivity index (χ0) is 21.4. The summed E-state index contributed by atoms with van der Waals surface area (Å²) in [4.78, 5) is 26.5. The fourth-order valence-corrected chi connectivity index (χ4v) is 3.30. The van der Waals surface area contributed by atoms with Gasteiger partial charge in [0.2, 0.25) is 11.8 Å². The van der Waals surface area contributed by atoms with Crippen molar-refractivity contribution in [2.24, 2.45) is 5.92 Å². The van der Waals surface area contributed by atoms with E-state index in [0.29, 0.717) is 10.7 Å². The van der Waals surface area contributed by atoms with Gasteiger partial charge in [-0.05, 0) is 42.6 Å². The number of carbonyl (C=O) groups is 2. The molecule has 0 fully saturated rings. The molecule has 0 aliphatic heterocycles. The third kappa shape index (κ3) is 7.18. The molecule has 0 unspecified atom stereocenters. The van der Waals surface area contributed by atoms with Gasteiger partial charge in [0.25, 0.3) is 0 Å². The Labute approximate surface area is 178 Å². The summed E-state index contributed by atoms with van der Waals surface area (Å²) in [6, 6.07) is 15.3. The molecule has 0 bridgehead atoms. The number of amides is 2. The molecule has 2 aromatic rings. The number of nitrogens with one attached hydrogen (secondary N) is 2. The van der Waals surface area contributed by atoms with Gasteiger partial charge in [-0.1, -0.05) is 68.8 Å². The smallest absolute Gasteiger partial charge is 0.238 e. The molecule has 29 heavy (non-hydrogen) atoms. The molecule has 0 spiro atoms. The molecular formula is C23H30ClN3O2. The minimum Gasteiger partial charge on any atom is -0.348 e. The zero-order valence-corrected chi connectivity index (χ0v) is 18.3. The predicted octanol–water partition coefficient (Wildman–Crippen LogP) is 4.29. The molecule has 0 heterocycles. The number of rotatable bonds is 9. The van der Waals surface area contributed by atoms with E-state index in [1.807, 2.05) is 0 Å². The Bertz CT molecular complexity index is 821. The second kappa shape index (κ2) is 11.0. The Morgan fingerprint density at radius 1 is 1.00 bits per heavy atom. The van der Waals surface area contributed by atoms with Crippen molar-refractivity contribution in [1.29, 1.82) is 0 Å². The van der Waals surface area contributed by atoms with Gasteiger partial charge in [-0.2, -0.15) is 0 Å². The molecule has 156 valence electrons. The van der Waals surface area contributed by atoms with Gasteiger partial charge < -0.3 is 10.6 Å². The van der Waals surface area contributed by atoms with E-state index in [4.69, 9.17) is 11.6 Å². The molecule has 2 rings (SSSR count). The summed E-state index contributed by atoms with van der Waals surface area (Å²) in [6.07, 6.45) is 0.986. The van der Waals surface area contributed by atoms with Crippen molar-refractivity contribution < 1.29 is 9.59 Å². The van der Waals surface area contributed by atoms with E-state index < -0.39 is 0 Å². The number of nitrogens with zero attached hydrogens (tertiary/aromatic N) is 1. The van der Waals surface area contributed by atoms with Crippen LogP contribution in [0.15, 0.2) is 48.5 Å². The van der Waals surface area contributed by atoms with Crippen LogP contribution in [0.25, 0.3) is 0 Å². The third-order valence-corrected chi connectivity index (χ3v) is 5.03. The maximum atomic E-state index is 12.6. The fourth-order valence-electron chi connectivity index (χ4n) is 3.11. The Morgan fingerprint density at radius 3 is 2.21 bits per heavy atom. The molecule has 2 amide bonds. The number of benzene rings is 2. The summed E-state index contributed by atoms with van der Waals surface area (Å²) in [5, 5.41) is 6.35. The van der Waals surface area contributed by atoms with Crippen molar-refractivity contribution in [3.63, 3.8) is 0 Å². The molecule has 0 radical (unpaired) electrons. The van der Waals surface area contributed by atoms with Gasteiger partial charge in [0.1, 0.15) is 0 Å². The summed E-state index contributed by atoms with van der Waals surface area (Å²) in [7, 11) is 1.74. The lowest BCUT2D eigenvalue weighted by Gasteiger charge is -2.25. The summed E-state index contributed by atoms with van der Waals surface area (Å²) < 4.78 is 0. The van der Waals surface area contributed by atoms with Crippen molar-refractivity contribution >= 4 is 29.1 Å². The molecule has 5 nitrogen and oxygen atoms in total. The molecule has 2 N–H and O–H groups in total. The second-order valence-electron chi connectivity index (χ2n) is 7.58. The Balaban J connectivity index is 1.90. The maximum Gasteiger partial charge on any atom is 0.238 e. The van der Waals surface area contributed by atoms with Gasteiger partial charge >= 0.3 is 0 Å². The summed E-state index contributed by atoms with van der Waals surface area (Å²) in [5.74, 6) is -0.0828. The summed E-state index contributed by atoms with van der Waals surface area (Å²) in [5.41, 5.74) is 2.92. The van der Waals surface area contributed by atoms with Gasteiger partial charge in [-0.3, -0.25) is 14.5 Å². The molecule has 0 aliphatic carbocycles. The number of anilines is 1. The molecule has 0 saturated heterocycles. The van der Waals surface area contributed by atoms with Crippen LogP contribution in [0.5, 0.6) is 0 Å². The lowest BCUT2D eigenvalue weighted by atomic mass is 9.95. The molecule has 0 aromatic heterocycles. The van der Waals surface area contributed by atoms with E-state index in [2.05, 4.69) is 55.7 Å². The van der Waals surface area contributed by atoms with Gasteiger partial charge in [0, 0.05) is 0 Å². The second-order valence-corrected chi connectivity index (χ2v) is 7.99. The average molecular weight is 416 g/mol. The van der Waals surface area contributed by atoms with Gasteiger partial charge in [0.05, 0.1) is 29.8 Å². The summed E-state index contributed by atoms with van der Waals surface area (Å²) in [6.45, 7) is 6.51. The number of hydrogen-bond donors (Lipinski definition) is 2. The predicted molar refractivity (Wildman–Crippen MR) is 119 cm³/mol. The first-order valence-corrected chi connectivity index (χ1v) is 10.3. The van der Waals surface area contributed by atoms with Crippen LogP contribution >= 0.6 is 11.6 Å². The van der Waals surface area contributed by atoms with Gasteiger partial charge in [-0.25, -0.2) is 0 Å². The van der Waals surface area contributed by atoms with Crippen LogP contribution < -0.4 is 10.6 Å². The van der Waals surface area contributed by atoms with Gasteiger partial charge in [0.15, 0.2) is 0 Å². The lowest BCUT2D eigenvalue weighted by molar-refractivity contribution is -0.123. The number of para-hydroxylation sites is 1. The van der Waals surface area contributed by atoms with Crippen molar-refractivity contribution in [3.8, 4) is 0 Å². The topological polar surface area (TPSA) is 61.4 Å². The van der Waals surface area contributed by atoms with E-state index >= 15 is 0 Å². The number of carbonyl (C=O) groups excluding carboxylic acids is 2. The van der Waals surface area contributed by atoms with E-state index in [1.54, 1.807) is 36.2 Å². The molecule has 1 atom stereocenters. The lowest BCUT2D eigenvalue weighted by Crippen LogP contribution is -2.41. The van der Waals surface area contributed by atoms with E-state index in [0.717, 1.165) is 12.0 Å². The van der Waals surface area contributed by atoms with Crippen molar-refractivity contribution in [2.45, 2.75) is 33.2 Å². The Morgan fingerprint density at radius 2 is 1.62 bits per heavy atom. The highest BCUT2D eigenvalue weighted by molar-refractivity contribution is 6.33. The first-order valence-electron chi connectivity index (χ1n) is 9.91. The quantitative estimate of drug-likeness (QED) is 0.642. The van der Waals surface area contributed by atoms with Crippen LogP contribution in [-0.4, -0.2) is 36.9 Å². The standard InChI is InChI=1S/C23H30ClN3O2/c1-5-17-10-12-18(13-11-17)23(16(2)3)26-22(29)15-27(4)14-21(28)25-20-9-7-6-8-19(20)24/h6-13,16,23H,5,14-15H2,1-4H3,(H,25,28)(H,26,29)/t23-/m1/s1. The van der Waals surface area contributed by atoms with E-state index in [9.17, 15) is 9.59 Å². The first kappa shape index (κ1) is 22.9. The van der Waals surface area contributed by atoms with Crippen molar-refractivity contribution in [2.75, 3.05) is 25.5 Å². The average Bonchev–Trinajstić information content (AvgIpc) is 2.67. The van der Waals surface area contributed by atoms with Crippen LogP contribution in [0, 0.1) is 5.92 Å². The highest BCUT2D eigenvalue weighted by Crippen LogP contribution is 2.22.